The number of amides is 1. The largest absolute Gasteiger partial charge is 0.309 e. The highest BCUT2D eigenvalue weighted by molar-refractivity contribution is 9.11. The van der Waals surface area contributed by atoms with Gasteiger partial charge < -0.3 is 4.57 Å². The SMILES string of the molecule is NNC(=O)c1cccc(Cn2cc(Br)cc(Br)c2=O)c1. The van der Waals surface area contributed by atoms with E-state index in [1.54, 1.807) is 35.0 Å². The van der Waals surface area contributed by atoms with Crippen LogP contribution in [0.4, 0.5) is 0 Å². The van der Waals surface area contributed by atoms with Gasteiger partial charge in [-0.2, -0.15) is 0 Å². The molecule has 0 aliphatic rings. The Morgan fingerprint density at radius 2 is 2.05 bits per heavy atom. The highest BCUT2D eigenvalue weighted by atomic mass is 79.9. The summed E-state index contributed by atoms with van der Waals surface area (Å²) in [6.07, 6.45) is 1.70. The fourth-order valence-corrected chi connectivity index (χ4v) is 3.03. The number of benzene rings is 1. The van der Waals surface area contributed by atoms with Crippen molar-refractivity contribution in [3.63, 3.8) is 0 Å². The van der Waals surface area contributed by atoms with Crippen molar-refractivity contribution in [1.29, 1.82) is 0 Å². The second-order valence-corrected chi connectivity index (χ2v) is 5.88. The Kier molecular flexibility index (Phi) is 4.74. The van der Waals surface area contributed by atoms with Crippen molar-refractivity contribution in [2.75, 3.05) is 0 Å². The Hall–Kier alpha value is -1.44. The van der Waals surface area contributed by atoms with E-state index in [1.165, 1.54) is 0 Å². The minimum Gasteiger partial charge on any atom is -0.309 e. The average molecular weight is 401 g/mol. The molecule has 0 unspecified atom stereocenters. The molecule has 0 aliphatic heterocycles. The van der Waals surface area contributed by atoms with Crippen molar-refractivity contribution in [2.45, 2.75) is 6.54 Å². The molecule has 0 radical (unpaired) electrons. The molecule has 2 rings (SSSR count). The lowest BCUT2D eigenvalue weighted by Gasteiger charge is -2.08. The van der Waals surface area contributed by atoms with Gasteiger partial charge in [-0.15, -0.1) is 0 Å². The summed E-state index contributed by atoms with van der Waals surface area (Å²) in [5.74, 6) is 4.74. The van der Waals surface area contributed by atoms with Crippen molar-refractivity contribution in [3.05, 3.63) is 67.0 Å². The van der Waals surface area contributed by atoms with Crippen molar-refractivity contribution >= 4 is 37.8 Å². The first-order chi connectivity index (χ1) is 9.51. The Morgan fingerprint density at radius 3 is 2.75 bits per heavy atom. The van der Waals surface area contributed by atoms with Crippen LogP contribution in [-0.4, -0.2) is 10.5 Å². The number of carbonyl (C=O) groups is 1. The smallest absolute Gasteiger partial charge is 0.265 e. The van der Waals surface area contributed by atoms with E-state index in [1.807, 2.05) is 6.07 Å². The summed E-state index contributed by atoms with van der Waals surface area (Å²) in [6, 6.07) is 8.64. The number of pyridine rings is 1. The first-order valence-electron chi connectivity index (χ1n) is 5.66. The van der Waals surface area contributed by atoms with Crippen LogP contribution in [0.25, 0.3) is 0 Å². The number of hydrazine groups is 1. The Bertz CT molecular complexity index is 713. The summed E-state index contributed by atoms with van der Waals surface area (Å²) < 4.78 is 2.82. The topological polar surface area (TPSA) is 77.1 Å². The summed E-state index contributed by atoms with van der Waals surface area (Å²) in [7, 11) is 0. The van der Waals surface area contributed by atoms with Gasteiger partial charge >= 0.3 is 0 Å². The minimum atomic E-state index is -0.366. The van der Waals surface area contributed by atoms with Gasteiger partial charge in [0.15, 0.2) is 0 Å². The molecule has 1 amide bonds. The molecule has 0 bridgehead atoms. The summed E-state index contributed by atoms with van der Waals surface area (Å²) in [4.78, 5) is 23.5. The lowest BCUT2D eigenvalue weighted by Crippen LogP contribution is -2.30. The number of halogens is 2. The van der Waals surface area contributed by atoms with E-state index in [9.17, 15) is 9.59 Å². The molecule has 0 atom stereocenters. The average Bonchev–Trinajstić information content (AvgIpc) is 2.43. The maximum atomic E-state index is 12.0. The van der Waals surface area contributed by atoms with Gasteiger partial charge in [-0.3, -0.25) is 15.0 Å². The van der Waals surface area contributed by atoms with E-state index in [2.05, 4.69) is 37.3 Å². The van der Waals surface area contributed by atoms with Crippen LogP contribution in [0.1, 0.15) is 15.9 Å². The molecule has 1 aromatic carbocycles. The molecular weight excluding hydrogens is 390 g/mol. The molecule has 2 aromatic rings. The molecule has 0 fully saturated rings. The molecular formula is C13H11Br2N3O2. The third-order valence-corrected chi connectivity index (χ3v) is 3.68. The summed E-state index contributed by atoms with van der Waals surface area (Å²) in [6.45, 7) is 0.364. The summed E-state index contributed by atoms with van der Waals surface area (Å²) >= 11 is 6.55. The number of aromatic nitrogens is 1. The number of hydrogen-bond donors (Lipinski definition) is 2. The predicted molar refractivity (Wildman–Crippen MR) is 83.3 cm³/mol. The number of rotatable bonds is 3. The molecule has 3 N–H and O–H groups in total. The van der Waals surface area contributed by atoms with Crippen LogP contribution in [0.3, 0.4) is 0 Å². The fourth-order valence-electron chi connectivity index (χ4n) is 1.77. The van der Waals surface area contributed by atoms with E-state index >= 15 is 0 Å². The zero-order valence-electron chi connectivity index (χ0n) is 10.3. The van der Waals surface area contributed by atoms with Gasteiger partial charge in [-0.05, 0) is 55.6 Å². The Balaban J connectivity index is 2.36. The maximum Gasteiger partial charge on any atom is 0.265 e. The normalized spacial score (nSPS) is 10.3. The molecule has 104 valence electrons. The van der Waals surface area contributed by atoms with Crippen molar-refractivity contribution in [1.82, 2.24) is 9.99 Å². The van der Waals surface area contributed by atoms with Crippen LogP contribution >= 0.6 is 31.9 Å². The molecule has 0 saturated heterocycles. The summed E-state index contributed by atoms with van der Waals surface area (Å²) in [5, 5.41) is 0. The molecule has 5 nitrogen and oxygen atoms in total. The molecule has 0 spiro atoms. The van der Waals surface area contributed by atoms with Crippen LogP contribution in [-0.2, 0) is 6.54 Å². The Labute approximate surface area is 132 Å². The minimum absolute atomic E-state index is 0.137. The lowest BCUT2D eigenvalue weighted by atomic mass is 10.1. The van der Waals surface area contributed by atoms with Crippen LogP contribution < -0.4 is 16.8 Å². The maximum absolute atomic E-state index is 12.0. The Morgan fingerprint density at radius 1 is 1.30 bits per heavy atom. The first kappa shape index (κ1) is 15.0. The van der Waals surface area contributed by atoms with Gasteiger partial charge in [-0.1, -0.05) is 12.1 Å². The predicted octanol–water partition coefficient (Wildman–Crippen LogP) is 2.03. The third kappa shape index (κ3) is 3.36. The highest BCUT2D eigenvalue weighted by Crippen LogP contribution is 2.14. The molecule has 0 saturated carbocycles. The van der Waals surface area contributed by atoms with Gasteiger partial charge in [0.25, 0.3) is 11.5 Å². The summed E-state index contributed by atoms with van der Waals surface area (Å²) in [5.41, 5.74) is 3.23. The molecule has 1 heterocycles. The van der Waals surface area contributed by atoms with Gasteiger partial charge in [0.2, 0.25) is 0 Å². The van der Waals surface area contributed by atoms with Crippen LogP contribution in [0, 0.1) is 0 Å². The number of nitrogens with two attached hydrogens (primary N) is 1. The standard InChI is InChI=1S/C13H11Br2N3O2/c14-10-5-11(15)13(20)18(7-10)6-8-2-1-3-9(4-8)12(19)17-16/h1-5,7H,6,16H2,(H,17,19). The third-order valence-electron chi connectivity index (χ3n) is 2.68. The van der Waals surface area contributed by atoms with Crippen LogP contribution in [0.15, 0.2) is 50.3 Å². The number of hydrogen-bond acceptors (Lipinski definition) is 3. The van der Waals surface area contributed by atoms with Gasteiger partial charge in [0.1, 0.15) is 0 Å². The zero-order chi connectivity index (χ0) is 14.7. The molecule has 1 aromatic heterocycles. The van der Waals surface area contributed by atoms with Gasteiger partial charge in [-0.25, -0.2) is 5.84 Å². The first-order valence-corrected chi connectivity index (χ1v) is 7.25. The van der Waals surface area contributed by atoms with Crippen LogP contribution in [0.5, 0.6) is 0 Å². The number of nitrogens with zero attached hydrogens (tertiary/aromatic N) is 1. The van der Waals surface area contributed by atoms with Gasteiger partial charge in [0, 0.05) is 16.2 Å². The second kappa shape index (κ2) is 6.34. The van der Waals surface area contributed by atoms with E-state index in [-0.39, 0.29) is 11.5 Å². The fraction of sp³-hybridized carbons (Fsp3) is 0.0769. The molecule has 0 aliphatic carbocycles. The highest BCUT2D eigenvalue weighted by Gasteiger charge is 2.07. The zero-order valence-corrected chi connectivity index (χ0v) is 13.4. The number of nitrogens with one attached hydrogen (secondary N) is 1. The van der Waals surface area contributed by atoms with E-state index < -0.39 is 0 Å². The van der Waals surface area contributed by atoms with E-state index in [0.717, 1.165) is 10.0 Å². The van der Waals surface area contributed by atoms with Gasteiger partial charge in [0.05, 0.1) is 11.0 Å². The monoisotopic (exact) mass is 399 g/mol. The second-order valence-electron chi connectivity index (χ2n) is 4.11. The van der Waals surface area contributed by atoms with Crippen molar-refractivity contribution < 1.29 is 4.79 Å². The molecule has 20 heavy (non-hydrogen) atoms. The lowest BCUT2D eigenvalue weighted by molar-refractivity contribution is 0.0953. The van der Waals surface area contributed by atoms with Crippen molar-refractivity contribution in [3.8, 4) is 0 Å². The quantitative estimate of drug-likeness (QED) is 0.470. The van der Waals surface area contributed by atoms with E-state index in [0.29, 0.717) is 16.6 Å². The van der Waals surface area contributed by atoms with Crippen molar-refractivity contribution in [2.24, 2.45) is 5.84 Å². The molecule has 7 heteroatoms. The number of carbonyl (C=O) groups excluding carboxylic acids is 1. The van der Waals surface area contributed by atoms with E-state index in [4.69, 9.17) is 5.84 Å². The van der Waals surface area contributed by atoms with Crippen LogP contribution in [0.2, 0.25) is 0 Å². The number of nitrogen functional groups attached to an aromatic ring is 1.